The van der Waals surface area contributed by atoms with Gasteiger partial charge in [-0.3, -0.25) is 19.4 Å². The van der Waals surface area contributed by atoms with Crippen LogP contribution in [0.25, 0.3) is 0 Å². The fourth-order valence-corrected chi connectivity index (χ4v) is 3.74. The molecule has 0 aliphatic carbocycles. The van der Waals surface area contributed by atoms with Gasteiger partial charge in [-0.05, 0) is 49.3 Å². The minimum atomic E-state index is -1.29. The lowest BCUT2D eigenvalue weighted by molar-refractivity contribution is -0.140. The summed E-state index contributed by atoms with van der Waals surface area (Å²) < 4.78 is 0. The number of carboxylic acid groups (broad SMARTS) is 2. The van der Waals surface area contributed by atoms with Gasteiger partial charge in [-0.15, -0.1) is 0 Å². The third kappa shape index (κ3) is 5.62. The smallest absolute Gasteiger partial charge is 0.326 e. The van der Waals surface area contributed by atoms with Crippen molar-refractivity contribution in [1.29, 1.82) is 0 Å². The van der Waals surface area contributed by atoms with Crippen molar-refractivity contribution in [2.45, 2.75) is 44.1 Å². The number of nitrogens with zero attached hydrogens (tertiary/aromatic N) is 1. The number of nitrogens with two attached hydrogens (primary N) is 1. The summed E-state index contributed by atoms with van der Waals surface area (Å²) in [5.74, 6) is -2.39. The first-order valence-electron chi connectivity index (χ1n) is 10.2. The summed E-state index contributed by atoms with van der Waals surface area (Å²) in [5.41, 5.74) is 7.20. The molecule has 1 aliphatic heterocycles. The Kier molecular flexibility index (Phi) is 7.08. The lowest BCUT2D eigenvalue weighted by Crippen LogP contribution is -2.41. The van der Waals surface area contributed by atoms with Gasteiger partial charge in [0.25, 0.3) is 11.5 Å². The molecule has 32 heavy (non-hydrogen) atoms. The minimum Gasteiger partial charge on any atom is -0.481 e. The summed E-state index contributed by atoms with van der Waals surface area (Å²) in [7, 11) is 0. The number of aromatic amines is 1. The van der Waals surface area contributed by atoms with Crippen LogP contribution in [0, 0.1) is 0 Å². The second kappa shape index (κ2) is 9.94. The fourth-order valence-electron chi connectivity index (χ4n) is 3.74. The number of H-pyrrole nitrogens is 1. The third-order valence-corrected chi connectivity index (χ3v) is 5.41. The first-order chi connectivity index (χ1) is 15.2. The molecule has 1 amide bonds. The second-order valence-corrected chi connectivity index (χ2v) is 7.66. The van der Waals surface area contributed by atoms with Crippen molar-refractivity contribution >= 4 is 29.6 Å². The summed E-state index contributed by atoms with van der Waals surface area (Å²) >= 11 is 0. The number of amides is 1. The van der Waals surface area contributed by atoms with Crippen molar-refractivity contribution in [1.82, 2.24) is 15.3 Å². The van der Waals surface area contributed by atoms with Gasteiger partial charge in [-0.2, -0.15) is 4.98 Å². The van der Waals surface area contributed by atoms with E-state index in [1.54, 1.807) is 24.3 Å². The Morgan fingerprint density at radius 1 is 1.22 bits per heavy atom. The zero-order valence-electron chi connectivity index (χ0n) is 17.3. The van der Waals surface area contributed by atoms with E-state index in [4.69, 9.17) is 10.8 Å². The number of hydrogen-bond donors (Lipinski definition) is 6. The van der Waals surface area contributed by atoms with Crippen molar-refractivity contribution in [2.24, 2.45) is 0 Å². The van der Waals surface area contributed by atoms with Crippen LogP contribution in [0.1, 0.15) is 53.1 Å². The molecule has 1 aliphatic rings. The van der Waals surface area contributed by atoms with Gasteiger partial charge in [0.15, 0.2) is 0 Å². The Balaban J connectivity index is 1.61. The molecular formula is C21H25N5O6. The molecule has 3 rings (SSSR count). The number of aromatic nitrogens is 2. The van der Waals surface area contributed by atoms with Gasteiger partial charge in [-0.25, -0.2) is 4.79 Å². The molecule has 11 nitrogen and oxygen atoms in total. The summed E-state index contributed by atoms with van der Waals surface area (Å²) in [6.07, 6.45) is 1.61. The number of nitrogen functional groups attached to an aromatic ring is 1. The number of rotatable bonds is 9. The number of benzene rings is 1. The molecule has 11 heteroatoms. The Morgan fingerprint density at radius 3 is 2.59 bits per heavy atom. The topological polar surface area (TPSA) is 187 Å². The van der Waals surface area contributed by atoms with Gasteiger partial charge in [0.2, 0.25) is 5.95 Å². The average molecular weight is 443 g/mol. The van der Waals surface area contributed by atoms with Crippen LogP contribution in [0.5, 0.6) is 0 Å². The van der Waals surface area contributed by atoms with Crippen LogP contribution in [-0.2, 0) is 16.0 Å². The number of aryl methyl sites for hydroxylation is 1. The molecule has 1 unspecified atom stereocenters. The molecule has 0 bridgehead atoms. The van der Waals surface area contributed by atoms with Crippen LogP contribution in [0.2, 0.25) is 0 Å². The van der Waals surface area contributed by atoms with Gasteiger partial charge in [0.05, 0.1) is 5.56 Å². The predicted octanol–water partition coefficient (Wildman–Crippen LogP) is 0.932. The van der Waals surface area contributed by atoms with Gasteiger partial charge >= 0.3 is 11.9 Å². The van der Waals surface area contributed by atoms with Crippen LogP contribution in [0.4, 0.5) is 11.8 Å². The number of nitrogens with one attached hydrogen (secondary N) is 3. The van der Waals surface area contributed by atoms with Crippen molar-refractivity contribution in [3.05, 3.63) is 51.3 Å². The van der Waals surface area contributed by atoms with Crippen molar-refractivity contribution in [3.63, 3.8) is 0 Å². The first kappa shape index (κ1) is 22.8. The highest BCUT2D eigenvalue weighted by atomic mass is 16.4. The highest BCUT2D eigenvalue weighted by Gasteiger charge is 2.25. The molecule has 1 aromatic heterocycles. The molecule has 0 fully saturated rings. The van der Waals surface area contributed by atoms with Crippen molar-refractivity contribution in [3.8, 4) is 0 Å². The average Bonchev–Trinajstić information content (AvgIpc) is 2.74. The van der Waals surface area contributed by atoms with Crippen molar-refractivity contribution < 1.29 is 24.6 Å². The molecule has 2 atom stereocenters. The summed E-state index contributed by atoms with van der Waals surface area (Å²) in [4.78, 5) is 53.3. The zero-order chi connectivity index (χ0) is 23.3. The molecule has 7 N–H and O–H groups in total. The SMILES string of the molecule is Nc1nc2c(c(=O)[nH]1)C(CCc1ccc(C(=O)N[C@@H](CCC(=O)O)C(=O)O)cc1)CCN2. The molecule has 2 aromatic rings. The lowest BCUT2D eigenvalue weighted by Gasteiger charge is -2.25. The number of carboxylic acids is 2. The number of carbonyl (C=O) groups excluding carboxylic acids is 1. The highest BCUT2D eigenvalue weighted by Crippen LogP contribution is 2.31. The van der Waals surface area contributed by atoms with Gasteiger partial charge < -0.3 is 26.6 Å². The van der Waals surface area contributed by atoms with Gasteiger partial charge in [-0.1, -0.05) is 12.1 Å². The van der Waals surface area contributed by atoms with Crippen molar-refractivity contribution in [2.75, 3.05) is 17.6 Å². The van der Waals surface area contributed by atoms with E-state index in [9.17, 15) is 24.3 Å². The monoisotopic (exact) mass is 443 g/mol. The zero-order valence-corrected chi connectivity index (χ0v) is 17.3. The summed E-state index contributed by atoms with van der Waals surface area (Å²) in [6, 6.07) is 5.45. The number of aliphatic carboxylic acids is 2. The van der Waals surface area contributed by atoms with Crippen LogP contribution in [0.3, 0.4) is 0 Å². The highest BCUT2D eigenvalue weighted by molar-refractivity contribution is 5.96. The third-order valence-electron chi connectivity index (χ3n) is 5.41. The van der Waals surface area contributed by atoms with Crippen LogP contribution >= 0.6 is 0 Å². The number of hydrogen-bond acceptors (Lipinski definition) is 7. The molecule has 0 radical (unpaired) electrons. The molecule has 0 saturated heterocycles. The summed E-state index contributed by atoms with van der Waals surface area (Å²) in [6.45, 7) is 0.694. The maximum absolute atomic E-state index is 12.3. The Morgan fingerprint density at radius 2 is 1.94 bits per heavy atom. The largest absolute Gasteiger partial charge is 0.481 e. The Bertz CT molecular complexity index is 1070. The minimum absolute atomic E-state index is 0.0247. The van der Waals surface area contributed by atoms with E-state index in [2.05, 4.69) is 20.6 Å². The van der Waals surface area contributed by atoms with E-state index in [0.29, 0.717) is 30.8 Å². The molecule has 170 valence electrons. The first-order valence-corrected chi connectivity index (χ1v) is 10.2. The maximum Gasteiger partial charge on any atom is 0.326 e. The van der Waals surface area contributed by atoms with E-state index in [0.717, 1.165) is 12.0 Å². The van der Waals surface area contributed by atoms with E-state index in [1.165, 1.54) is 0 Å². The number of carbonyl (C=O) groups is 3. The van der Waals surface area contributed by atoms with Crippen LogP contribution < -0.4 is 21.9 Å². The van der Waals surface area contributed by atoms with E-state index in [-0.39, 0.29) is 35.8 Å². The predicted molar refractivity (Wildman–Crippen MR) is 116 cm³/mol. The standard InChI is InChI=1S/C21H25N5O6/c22-21-25-17-16(19(30)26-21)12(9-10-23-17)4-1-11-2-5-13(6-3-11)18(29)24-14(20(31)32)7-8-15(27)28/h2-3,5-6,12,14H,1,4,7-10H2,(H,24,29)(H,27,28)(H,31,32)(H4,22,23,25,26,30)/t12?,14-/m0/s1. The van der Waals surface area contributed by atoms with Gasteiger partial charge in [0, 0.05) is 18.5 Å². The van der Waals surface area contributed by atoms with Crippen LogP contribution in [-0.4, -0.2) is 50.6 Å². The van der Waals surface area contributed by atoms with E-state index < -0.39 is 23.9 Å². The summed E-state index contributed by atoms with van der Waals surface area (Å²) in [5, 5.41) is 23.3. The Labute approximate surface area is 183 Å². The molecule has 0 spiro atoms. The van der Waals surface area contributed by atoms with E-state index in [1.807, 2.05) is 0 Å². The maximum atomic E-state index is 12.3. The number of anilines is 2. The Hall–Kier alpha value is -3.89. The van der Waals surface area contributed by atoms with E-state index >= 15 is 0 Å². The lowest BCUT2D eigenvalue weighted by atomic mass is 9.88. The molecule has 0 saturated carbocycles. The molecular weight excluding hydrogens is 418 g/mol. The quantitative estimate of drug-likeness (QED) is 0.328. The molecule has 2 heterocycles. The number of fused-ring (bicyclic) bond motifs is 1. The molecule has 1 aromatic carbocycles. The van der Waals surface area contributed by atoms with Crippen LogP contribution in [0.15, 0.2) is 29.1 Å². The normalized spacial score (nSPS) is 15.8. The van der Waals surface area contributed by atoms with Gasteiger partial charge in [0.1, 0.15) is 11.9 Å². The fraction of sp³-hybridized carbons (Fsp3) is 0.381. The second-order valence-electron chi connectivity index (χ2n) is 7.66.